The molecule has 2 rings (SSSR count). The average Bonchev–Trinajstić information content (AvgIpc) is 3.06. The van der Waals surface area contributed by atoms with Crippen molar-refractivity contribution in [3.63, 3.8) is 0 Å². The molecule has 1 fully saturated rings. The van der Waals surface area contributed by atoms with Crippen molar-refractivity contribution in [2.24, 2.45) is 0 Å². The van der Waals surface area contributed by atoms with Gasteiger partial charge in [-0.2, -0.15) is 0 Å². The molecule has 6 nitrogen and oxygen atoms in total. The number of hydrogen-bond acceptors (Lipinski definition) is 4. The number of ether oxygens (including phenoxy) is 2. The fraction of sp³-hybridized carbons (Fsp3) is 0.500. The van der Waals surface area contributed by atoms with E-state index in [9.17, 15) is 9.59 Å². The van der Waals surface area contributed by atoms with Crippen molar-refractivity contribution in [3.8, 4) is 5.75 Å². The fourth-order valence-corrected chi connectivity index (χ4v) is 2.34. The Hall–Kier alpha value is -2.08. The molecule has 1 heterocycles. The molecular weight excluding hydrogens is 284 g/mol. The molecule has 0 bridgehead atoms. The van der Waals surface area contributed by atoms with Crippen LogP contribution in [0.3, 0.4) is 0 Å². The molecule has 1 aliphatic heterocycles. The van der Waals surface area contributed by atoms with E-state index >= 15 is 0 Å². The average molecular weight is 306 g/mol. The van der Waals surface area contributed by atoms with Gasteiger partial charge in [0.2, 0.25) is 5.91 Å². The molecule has 0 spiro atoms. The molecule has 0 unspecified atom stereocenters. The summed E-state index contributed by atoms with van der Waals surface area (Å²) in [4.78, 5) is 23.7. The van der Waals surface area contributed by atoms with Crippen molar-refractivity contribution in [2.45, 2.75) is 25.4 Å². The maximum Gasteiger partial charge on any atom is 0.255 e. The van der Waals surface area contributed by atoms with Crippen LogP contribution < -0.4 is 15.4 Å². The number of benzene rings is 1. The minimum Gasteiger partial charge on any atom is -0.496 e. The molecule has 0 saturated carbocycles. The van der Waals surface area contributed by atoms with Gasteiger partial charge in [-0.3, -0.25) is 9.59 Å². The Morgan fingerprint density at radius 3 is 2.86 bits per heavy atom. The lowest BCUT2D eigenvalue weighted by Gasteiger charge is -2.11. The van der Waals surface area contributed by atoms with E-state index in [0.29, 0.717) is 17.9 Å². The Balaban J connectivity index is 1.68. The summed E-state index contributed by atoms with van der Waals surface area (Å²) < 4.78 is 10.6. The molecule has 6 heteroatoms. The molecule has 1 saturated heterocycles. The van der Waals surface area contributed by atoms with Gasteiger partial charge in [-0.25, -0.2) is 0 Å². The minimum absolute atomic E-state index is 0.0872. The van der Waals surface area contributed by atoms with Gasteiger partial charge in [0.15, 0.2) is 0 Å². The van der Waals surface area contributed by atoms with Crippen LogP contribution in [0.4, 0.5) is 0 Å². The van der Waals surface area contributed by atoms with Crippen LogP contribution in [0.2, 0.25) is 0 Å². The summed E-state index contributed by atoms with van der Waals surface area (Å²) in [6.07, 6.45) is 2.42. The summed E-state index contributed by atoms with van der Waals surface area (Å²) in [6.45, 7) is 1.60. The minimum atomic E-state index is -0.246. The van der Waals surface area contributed by atoms with Crippen LogP contribution in [0.1, 0.15) is 29.6 Å². The molecule has 2 amide bonds. The number of carbonyl (C=O) groups is 2. The molecule has 2 N–H and O–H groups in total. The van der Waals surface area contributed by atoms with Gasteiger partial charge >= 0.3 is 0 Å². The zero-order valence-corrected chi connectivity index (χ0v) is 12.8. The van der Waals surface area contributed by atoms with Gasteiger partial charge < -0.3 is 20.1 Å². The van der Waals surface area contributed by atoms with E-state index in [4.69, 9.17) is 9.47 Å². The van der Waals surface area contributed by atoms with E-state index in [1.54, 1.807) is 24.3 Å². The summed E-state index contributed by atoms with van der Waals surface area (Å²) in [6, 6.07) is 6.98. The second-order valence-electron chi connectivity index (χ2n) is 5.15. The number of nitrogens with one attached hydrogen (secondary N) is 2. The third kappa shape index (κ3) is 4.73. The zero-order chi connectivity index (χ0) is 15.8. The van der Waals surface area contributed by atoms with Gasteiger partial charge in [0.25, 0.3) is 5.91 Å². The van der Waals surface area contributed by atoms with Gasteiger partial charge in [-0.1, -0.05) is 12.1 Å². The number of methoxy groups -OCH3 is 1. The van der Waals surface area contributed by atoms with Gasteiger partial charge in [0, 0.05) is 26.1 Å². The normalized spacial score (nSPS) is 17.0. The van der Waals surface area contributed by atoms with Crippen molar-refractivity contribution in [1.29, 1.82) is 0 Å². The summed E-state index contributed by atoms with van der Waals surface area (Å²) >= 11 is 0. The summed E-state index contributed by atoms with van der Waals surface area (Å²) in [7, 11) is 1.52. The Morgan fingerprint density at radius 2 is 2.14 bits per heavy atom. The molecule has 22 heavy (non-hydrogen) atoms. The Bertz CT molecular complexity index is 513. The first-order valence-electron chi connectivity index (χ1n) is 7.50. The van der Waals surface area contributed by atoms with Crippen LogP contribution in [-0.2, 0) is 9.53 Å². The quantitative estimate of drug-likeness (QED) is 0.791. The van der Waals surface area contributed by atoms with Crippen molar-refractivity contribution in [1.82, 2.24) is 10.6 Å². The first-order chi connectivity index (χ1) is 10.7. The van der Waals surface area contributed by atoms with Gasteiger partial charge in [-0.05, 0) is 25.0 Å². The van der Waals surface area contributed by atoms with Crippen LogP contribution in [0.15, 0.2) is 24.3 Å². The Kier molecular flexibility index (Phi) is 6.21. The lowest BCUT2D eigenvalue weighted by atomic mass is 10.2. The molecule has 1 aromatic rings. The number of para-hydroxylation sites is 1. The van der Waals surface area contributed by atoms with Crippen LogP contribution >= 0.6 is 0 Å². The van der Waals surface area contributed by atoms with Crippen LogP contribution in [0, 0.1) is 0 Å². The van der Waals surface area contributed by atoms with Gasteiger partial charge in [0.05, 0.1) is 18.8 Å². The molecule has 0 aliphatic carbocycles. The summed E-state index contributed by atoms with van der Waals surface area (Å²) in [5, 5.41) is 5.54. The van der Waals surface area contributed by atoms with Gasteiger partial charge in [-0.15, -0.1) is 0 Å². The third-order valence-corrected chi connectivity index (χ3v) is 3.54. The smallest absolute Gasteiger partial charge is 0.255 e. The van der Waals surface area contributed by atoms with E-state index in [2.05, 4.69) is 10.6 Å². The van der Waals surface area contributed by atoms with Crippen LogP contribution in [0.5, 0.6) is 5.75 Å². The molecule has 120 valence electrons. The standard InChI is InChI=1S/C16H22N2O4/c1-21-14-7-3-2-6-13(14)16(20)17-9-8-15(19)18-11-12-5-4-10-22-12/h2-3,6-7,12H,4-5,8-11H2,1H3,(H,17,20)(H,18,19)/t12-/m0/s1. The maximum absolute atomic E-state index is 12.0. The number of carbonyl (C=O) groups excluding carboxylic acids is 2. The van der Waals surface area contributed by atoms with E-state index in [1.807, 2.05) is 0 Å². The maximum atomic E-state index is 12.0. The van der Waals surface area contributed by atoms with E-state index in [1.165, 1.54) is 7.11 Å². The molecule has 1 aliphatic rings. The second kappa shape index (κ2) is 8.38. The molecule has 0 aromatic heterocycles. The van der Waals surface area contributed by atoms with Crippen molar-refractivity contribution >= 4 is 11.8 Å². The van der Waals surface area contributed by atoms with Crippen molar-refractivity contribution in [3.05, 3.63) is 29.8 Å². The lowest BCUT2D eigenvalue weighted by molar-refractivity contribution is -0.121. The first-order valence-corrected chi connectivity index (χ1v) is 7.50. The molecule has 0 radical (unpaired) electrons. The lowest BCUT2D eigenvalue weighted by Crippen LogP contribution is -2.34. The largest absolute Gasteiger partial charge is 0.496 e. The fourth-order valence-electron chi connectivity index (χ4n) is 2.34. The second-order valence-corrected chi connectivity index (χ2v) is 5.15. The Morgan fingerprint density at radius 1 is 1.32 bits per heavy atom. The molecule has 1 aromatic carbocycles. The van der Waals surface area contributed by atoms with Crippen LogP contribution in [-0.4, -0.2) is 44.7 Å². The summed E-state index contributed by atoms with van der Waals surface area (Å²) in [5.74, 6) is 0.183. The number of amides is 2. The van der Waals surface area contributed by atoms with Crippen molar-refractivity contribution in [2.75, 3.05) is 26.8 Å². The number of hydrogen-bond donors (Lipinski definition) is 2. The highest BCUT2D eigenvalue weighted by molar-refractivity contribution is 5.97. The van der Waals surface area contributed by atoms with E-state index in [-0.39, 0.29) is 30.9 Å². The number of rotatable bonds is 7. The predicted molar refractivity (Wildman–Crippen MR) is 81.9 cm³/mol. The summed E-state index contributed by atoms with van der Waals surface area (Å²) in [5.41, 5.74) is 0.463. The van der Waals surface area contributed by atoms with E-state index in [0.717, 1.165) is 19.4 Å². The van der Waals surface area contributed by atoms with Gasteiger partial charge in [0.1, 0.15) is 5.75 Å². The highest BCUT2D eigenvalue weighted by Crippen LogP contribution is 2.16. The van der Waals surface area contributed by atoms with E-state index < -0.39 is 0 Å². The Labute approximate surface area is 130 Å². The third-order valence-electron chi connectivity index (χ3n) is 3.54. The highest BCUT2D eigenvalue weighted by atomic mass is 16.5. The zero-order valence-electron chi connectivity index (χ0n) is 12.8. The predicted octanol–water partition coefficient (Wildman–Crippen LogP) is 1.11. The van der Waals surface area contributed by atoms with Crippen LogP contribution in [0.25, 0.3) is 0 Å². The molecule has 1 atom stereocenters. The van der Waals surface area contributed by atoms with Crippen molar-refractivity contribution < 1.29 is 19.1 Å². The highest BCUT2D eigenvalue weighted by Gasteiger charge is 2.16. The SMILES string of the molecule is COc1ccccc1C(=O)NCCC(=O)NC[C@@H]1CCCO1. The monoisotopic (exact) mass is 306 g/mol. The topological polar surface area (TPSA) is 76.7 Å². The molecular formula is C16H22N2O4. The first kappa shape index (κ1) is 16.3.